The van der Waals surface area contributed by atoms with Crippen LogP contribution < -0.4 is 9.80 Å². The molecule has 0 saturated carbocycles. The number of fused-ring (bicyclic) bond motifs is 1. The fourth-order valence-corrected chi connectivity index (χ4v) is 3.21. The summed E-state index contributed by atoms with van der Waals surface area (Å²) < 4.78 is 15.1. The molecular weight excluding hydrogens is 340 g/mol. The van der Waals surface area contributed by atoms with Crippen LogP contribution in [0, 0.1) is 0 Å². The number of ether oxygens (including phenoxy) is 3. The smallest absolute Gasteiger partial charge is 0.355 e. The summed E-state index contributed by atoms with van der Waals surface area (Å²) in [6, 6.07) is 5.56. The fourth-order valence-electron chi connectivity index (χ4n) is 3.21. The van der Waals surface area contributed by atoms with Crippen LogP contribution in [0.1, 0.15) is 12.5 Å². The maximum Gasteiger partial charge on any atom is 0.355 e. The van der Waals surface area contributed by atoms with Gasteiger partial charge in [0.1, 0.15) is 12.4 Å². The summed E-state index contributed by atoms with van der Waals surface area (Å²) in [7, 11) is 2.49. The highest BCUT2D eigenvalue weighted by Gasteiger charge is 2.33. The van der Waals surface area contributed by atoms with Crippen molar-refractivity contribution in [1.29, 1.82) is 0 Å². The van der Waals surface area contributed by atoms with Crippen molar-refractivity contribution < 1.29 is 28.6 Å². The molecule has 0 unspecified atom stereocenters. The number of hydrogen-bond acceptors (Lipinski definition) is 7. The first-order valence-corrected chi connectivity index (χ1v) is 8.14. The topological polar surface area (TPSA) is 85.4 Å². The lowest BCUT2D eigenvalue weighted by atomic mass is 10.1. The second-order valence-electron chi connectivity index (χ2n) is 5.95. The van der Waals surface area contributed by atoms with Crippen LogP contribution in [0.2, 0.25) is 0 Å². The predicted molar refractivity (Wildman–Crippen MR) is 92.5 cm³/mol. The van der Waals surface area contributed by atoms with E-state index in [4.69, 9.17) is 14.2 Å². The molecule has 0 aromatic heterocycles. The lowest BCUT2D eigenvalue weighted by Crippen LogP contribution is -2.38. The van der Waals surface area contributed by atoms with Gasteiger partial charge in [-0.15, -0.1) is 0 Å². The van der Waals surface area contributed by atoms with E-state index in [0.717, 1.165) is 17.7 Å². The summed E-state index contributed by atoms with van der Waals surface area (Å²) in [6.45, 7) is 2.17. The van der Waals surface area contributed by atoms with E-state index in [-0.39, 0.29) is 30.5 Å². The van der Waals surface area contributed by atoms with Crippen LogP contribution in [0.25, 0.3) is 0 Å². The highest BCUT2D eigenvalue weighted by atomic mass is 16.5. The van der Waals surface area contributed by atoms with Crippen LogP contribution in [0.15, 0.2) is 29.5 Å². The number of methoxy groups -OCH3 is 2. The third-order valence-electron chi connectivity index (χ3n) is 4.49. The van der Waals surface area contributed by atoms with E-state index >= 15 is 0 Å². The first-order chi connectivity index (χ1) is 12.5. The number of hydrogen-bond donors (Lipinski definition) is 0. The zero-order valence-electron chi connectivity index (χ0n) is 14.9. The van der Waals surface area contributed by atoms with Gasteiger partial charge in [-0.1, -0.05) is 6.07 Å². The van der Waals surface area contributed by atoms with Crippen molar-refractivity contribution in [3.8, 4) is 0 Å². The van der Waals surface area contributed by atoms with E-state index in [1.54, 1.807) is 9.80 Å². The average molecular weight is 360 g/mol. The van der Waals surface area contributed by atoms with E-state index in [2.05, 4.69) is 0 Å². The van der Waals surface area contributed by atoms with Crippen molar-refractivity contribution in [3.05, 3.63) is 35.0 Å². The molecule has 0 fully saturated rings. The molecule has 0 saturated heterocycles. The van der Waals surface area contributed by atoms with Gasteiger partial charge in [-0.25, -0.2) is 9.59 Å². The Kier molecular flexibility index (Phi) is 4.94. The molecule has 0 aliphatic carbocycles. The molecule has 0 bridgehead atoms. The zero-order valence-corrected chi connectivity index (χ0v) is 14.9. The lowest BCUT2D eigenvalue weighted by Gasteiger charge is -2.31. The molecular formula is C18H20N2O6. The van der Waals surface area contributed by atoms with Gasteiger partial charge in [0.25, 0.3) is 0 Å². The van der Waals surface area contributed by atoms with Gasteiger partial charge in [0, 0.05) is 24.8 Å². The Labute approximate surface area is 150 Å². The Morgan fingerprint density at radius 1 is 1.12 bits per heavy atom. The molecule has 26 heavy (non-hydrogen) atoms. The van der Waals surface area contributed by atoms with E-state index in [1.807, 2.05) is 18.2 Å². The van der Waals surface area contributed by atoms with Crippen LogP contribution in [0.3, 0.4) is 0 Å². The number of benzene rings is 1. The highest BCUT2D eigenvalue weighted by molar-refractivity contribution is 6.03. The van der Waals surface area contributed by atoms with Gasteiger partial charge in [0.2, 0.25) is 5.91 Å². The maximum absolute atomic E-state index is 12.3. The van der Waals surface area contributed by atoms with Gasteiger partial charge in [-0.05, 0) is 24.1 Å². The van der Waals surface area contributed by atoms with Gasteiger partial charge < -0.3 is 24.0 Å². The molecule has 8 heteroatoms. The second-order valence-corrected chi connectivity index (χ2v) is 5.95. The molecule has 2 aliphatic heterocycles. The van der Waals surface area contributed by atoms with E-state index in [9.17, 15) is 14.4 Å². The van der Waals surface area contributed by atoms with Crippen molar-refractivity contribution >= 4 is 29.2 Å². The van der Waals surface area contributed by atoms with E-state index in [0.29, 0.717) is 12.2 Å². The number of esters is 2. The normalized spacial score (nSPS) is 16.4. The van der Waals surface area contributed by atoms with Crippen molar-refractivity contribution in [2.75, 3.05) is 43.9 Å². The first kappa shape index (κ1) is 17.9. The Hall–Kier alpha value is -2.87. The van der Waals surface area contributed by atoms with Crippen molar-refractivity contribution in [2.45, 2.75) is 13.3 Å². The van der Waals surface area contributed by atoms with E-state index < -0.39 is 11.9 Å². The molecule has 1 aromatic carbocycles. The molecule has 0 atom stereocenters. The summed E-state index contributed by atoms with van der Waals surface area (Å²) in [5, 5.41) is 0. The van der Waals surface area contributed by atoms with Gasteiger partial charge in [0.15, 0.2) is 0 Å². The molecule has 0 spiro atoms. The Morgan fingerprint density at radius 2 is 1.85 bits per heavy atom. The lowest BCUT2D eigenvalue weighted by molar-refractivity contribution is -0.140. The average Bonchev–Trinajstić information content (AvgIpc) is 3.09. The Morgan fingerprint density at radius 3 is 2.50 bits per heavy atom. The van der Waals surface area contributed by atoms with Crippen molar-refractivity contribution in [3.63, 3.8) is 0 Å². The molecule has 3 rings (SSSR count). The monoisotopic (exact) mass is 360 g/mol. The minimum Gasteiger partial charge on any atom is -0.466 e. The zero-order chi connectivity index (χ0) is 18.8. The van der Waals surface area contributed by atoms with Crippen LogP contribution in [-0.4, -0.2) is 51.9 Å². The minimum absolute atomic E-state index is 0.0435. The first-order valence-electron chi connectivity index (χ1n) is 8.14. The Balaban J connectivity index is 2.07. The van der Waals surface area contributed by atoms with Gasteiger partial charge in [-0.3, -0.25) is 4.79 Å². The quantitative estimate of drug-likeness (QED) is 0.743. The van der Waals surface area contributed by atoms with Gasteiger partial charge >= 0.3 is 11.9 Å². The molecule has 0 radical (unpaired) electrons. The number of anilines is 2. The summed E-state index contributed by atoms with van der Waals surface area (Å²) in [6.07, 6.45) is 0.777. The summed E-state index contributed by atoms with van der Waals surface area (Å²) in [5.74, 6) is -1.35. The molecule has 2 heterocycles. The highest BCUT2D eigenvalue weighted by Crippen LogP contribution is 2.35. The molecule has 8 nitrogen and oxygen atoms in total. The SMILES string of the molecule is COC(=O)C1=C(C(=O)OC)N(c2ccc3c(c2)N(C(C)=O)CC3)COC1. The molecule has 0 N–H and O–H groups in total. The summed E-state index contributed by atoms with van der Waals surface area (Å²) in [5.41, 5.74) is 2.65. The van der Waals surface area contributed by atoms with Crippen LogP contribution in [0.4, 0.5) is 11.4 Å². The molecule has 1 amide bonds. The third-order valence-corrected chi connectivity index (χ3v) is 4.49. The largest absolute Gasteiger partial charge is 0.466 e. The minimum atomic E-state index is -0.655. The maximum atomic E-state index is 12.3. The second kappa shape index (κ2) is 7.17. The standard InChI is InChI=1S/C18H20N2O6/c1-11(21)19-7-6-12-4-5-13(8-15(12)19)20-10-26-9-14(17(22)24-2)16(20)18(23)25-3/h4-5,8H,6-7,9-10H2,1-3H3. The van der Waals surface area contributed by atoms with Crippen molar-refractivity contribution in [2.24, 2.45) is 0 Å². The number of carbonyl (C=O) groups is 3. The van der Waals surface area contributed by atoms with Gasteiger partial charge in [0.05, 0.1) is 26.4 Å². The summed E-state index contributed by atoms with van der Waals surface area (Å²) >= 11 is 0. The summed E-state index contributed by atoms with van der Waals surface area (Å²) in [4.78, 5) is 39.5. The van der Waals surface area contributed by atoms with Crippen molar-refractivity contribution in [1.82, 2.24) is 0 Å². The molecule has 2 aliphatic rings. The number of nitrogens with zero attached hydrogens (tertiary/aromatic N) is 2. The van der Waals surface area contributed by atoms with Crippen LogP contribution in [-0.2, 0) is 35.0 Å². The van der Waals surface area contributed by atoms with Crippen LogP contribution >= 0.6 is 0 Å². The number of rotatable bonds is 3. The predicted octanol–water partition coefficient (Wildman–Crippen LogP) is 0.990. The fraction of sp³-hybridized carbons (Fsp3) is 0.389. The number of amides is 1. The molecule has 1 aromatic rings. The van der Waals surface area contributed by atoms with Gasteiger partial charge in [-0.2, -0.15) is 0 Å². The molecule has 138 valence electrons. The van der Waals surface area contributed by atoms with Crippen LogP contribution in [0.5, 0.6) is 0 Å². The third kappa shape index (κ3) is 3.03. The Bertz CT molecular complexity index is 801. The number of carbonyl (C=O) groups excluding carboxylic acids is 3. The van der Waals surface area contributed by atoms with E-state index in [1.165, 1.54) is 21.1 Å².